The highest BCUT2D eigenvalue weighted by atomic mass is 35.5. The van der Waals surface area contributed by atoms with Crippen molar-refractivity contribution in [3.05, 3.63) is 28.8 Å². The lowest BCUT2D eigenvalue weighted by molar-refractivity contribution is 0.483. The van der Waals surface area contributed by atoms with E-state index in [1.54, 1.807) is 0 Å². The molecular formula is C16H25ClN2. The molecule has 19 heavy (non-hydrogen) atoms. The highest BCUT2D eigenvalue weighted by molar-refractivity contribution is 6.31. The lowest BCUT2D eigenvalue weighted by Gasteiger charge is -2.37. The van der Waals surface area contributed by atoms with Gasteiger partial charge in [0.05, 0.1) is 0 Å². The van der Waals surface area contributed by atoms with Gasteiger partial charge in [-0.15, -0.1) is 0 Å². The van der Waals surface area contributed by atoms with Crippen molar-refractivity contribution in [3.8, 4) is 0 Å². The molecule has 0 bridgehead atoms. The number of nitrogens with two attached hydrogens (primary N) is 1. The van der Waals surface area contributed by atoms with E-state index in [0.29, 0.717) is 6.04 Å². The summed E-state index contributed by atoms with van der Waals surface area (Å²) in [5.74, 6) is 0. The first-order valence-corrected chi connectivity index (χ1v) is 7.81. The van der Waals surface area contributed by atoms with Gasteiger partial charge in [0.2, 0.25) is 0 Å². The van der Waals surface area contributed by atoms with Crippen LogP contribution in [-0.4, -0.2) is 18.6 Å². The predicted octanol–water partition coefficient (Wildman–Crippen LogP) is 4.00. The summed E-state index contributed by atoms with van der Waals surface area (Å²) in [6.45, 7) is 5.57. The Morgan fingerprint density at radius 1 is 1.42 bits per heavy atom. The molecule has 2 nitrogen and oxygen atoms in total. The summed E-state index contributed by atoms with van der Waals surface area (Å²) in [6, 6.07) is 7.03. The number of anilines is 1. The van der Waals surface area contributed by atoms with Gasteiger partial charge >= 0.3 is 0 Å². The van der Waals surface area contributed by atoms with Crippen molar-refractivity contribution >= 4 is 17.3 Å². The summed E-state index contributed by atoms with van der Waals surface area (Å²) in [7, 11) is 0. The van der Waals surface area contributed by atoms with E-state index in [9.17, 15) is 0 Å². The van der Waals surface area contributed by atoms with Gasteiger partial charge in [-0.25, -0.2) is 0 Å². The first-order chi connectivity index (χ1) is 9.13. The van der Waals surface area contributed by atoms with E-state index < -0.39 is 0 Å². The largest absolute Gasteiger partial charge is 0.369 e. The molecule has 2 unspecified atom stereocenters. The minimum absolute atomic E-state index is 0.193. The van der Waals surface area contributed by atoms with Gasteiger partial charge in [-0.1, -0.05) is 24.6 Å². The topological polar surface area (TPSA) is 29.3 Å². The second kappa shape index (κ2) is 6.62. The van der Waals surface area contributed by atoms with Gasteiger partial charge in [0, 0.05) is 29.3 Å². The van der Waals surface area contributed by atoms with Crippen molar-refractivity contribution in [2.45, 2.75) is 58.0 Å². The fraction of sp³-hybridized carbons (Fsp3) is 0.625. The second-order valence-corrected chi connectivity index (χ2v) is 6.06. The first-order valence-electron chi connectivity index (χ1n) is 7.43. The molecule has 3 heteroatoms. The molecule has 2 atom stereocenters. The van der Waals surface area contributed by atoms with Crippen LogP contribution in [0.4, 0.5) is 5.69 Å². The summed E-state index contributed by atoms with van der Waals surface area (Å²) in [4.78, 5) is 2.51. The standard InChI is InChI=1S/C16H25ClN2/c1-3-13(18)11-14-15(17)8-6-9-16(14)19-10-5-4-7-12(19)2/h6,8-9,12-13H,3-5,7,10-11,18H2,1-2H3. The minimum Gasteiger partial charge on any atom is -0.369 e. The number of benzene rings is 1. The Hall–Kier alpha value is -0.730. The number of hydrogen-bond donors (Lipinski definition) is 1. The van der Waals surface area contributed by atoms with Crippen LogP contribution in [0.25, 0.3) is 0 Å². The number of piperidine rings is 1. The molecule has 1 aromatic rings. The fourth-order valence-corrected chi connectivity index (χ4v) is 3.13. The molecule has 0 spiro atoms. The molecule has 1 aromatic carbocycles. The second-order valence-electron chi connectivity index (χ2n) is 5.65. The van der Waals surface area contributed by atoms with Gasteiger partial charge in [-0.3, -0.25) is 0 Å². The number of hydrogen-bond acceptors (Lipinski definition) is 2. The average molecular weight is 281 g/mol. The summed E-state index contributed by atoms with van der Waals surface area (Å²) >= 11 is 6.42. The molecule has 2 N–H and O–H groups in total. The van der Waals surface area contributed by atoms with Gasteiger partial charge in [0.25, 0.3) is 0 Å². The predicted molar refractivity (Wildman–Crippen MR) is 84.1 cm³/mol. The van der Waals surface area contributed by atoms with Crippen LogP contribution in [0.15, 0.2) is 18.2 Å². The Morgan fingerprint density at radius 2 is 2.21 bits per heavy atom. The Morgan fingerprint density at radius 3 is 2.89 bits per heavy atom. The van der Waals surface area contributed by atoms with E-state index in [-0.39, 0.29) is 6.04 Å². The van der Waals surface area contributed by atoms with Crippen molar-refractivity contribution in [2.24, 2.45) is 5.73 Å². The third-order valence-corrected chi connectivity index (χ3v) is 4.55. The molecule has 106 valence electrons. The monoisotopic (exact) mass is 280 g/mol. The fourth-order valence-electron chi connectivity index (χ4n) is 2.88. The Labute approximate surface area is 121 Å². The zero-order valence-electron chi connectivity index (χ0n) is 12.0. The molecule has 0 aromatic heterocycles. The van der Waals surface area contributed by atoms with Gasteiger partial charge in [0.1, 0.15) is 0 Å². The minimum atomic E-state index is 0.193. The van der Waals surface area contributed by atoms with E-state index in [0.717, 1.165) is 24.4 Å². The molecule has 0 amide bonds. The maximum atomic E-state index is 6.42. The maximum Gasteiger partial charge on any atom is 0.0459 e. The van der Waals surface area contributed by atoms with Gasteiger partial charge in [0.15, 0.2) is 0 Å². The van der Waals surface area contributed by atoms with Gasteiger partial charge in [-0.2, -0.15) is 0 Å². The summed E-state index contributed by atoms with van der Waals surface area (Å²) in [5, 5.41) is 0.860. The molecule has 2 rings (SSSR count). The van der Waals surface area contributed by atoms with Crippen molar-refractivity contribution in [2.75, 3.05) is 11.4 Å². The van der Waals surface area contributed by atoms with E-state index in [4.69, 9.17) is 17.3 Å². The van der Waals surface area contributed by atoms with Crippen LogP contribution in [0.2, 0.25) is 5.02 Å². The van der Waals surface area contributed by atoms with Crippen LogP contribution < -0.4 is 10.6 Å². The van der Waals surface area contributed by atoms with Crippen LogP contribution in [0, 0.1) is 0 Å². The molecule has 0 saturated carbocycles. The Balaban J connectivity index is 2.30. The van der Waals surface area contributed by atoms with Crippen molar-refractivity contribution < 1.29 is 0 Å². The molecular weight excluding hydrogens is 256 g/mol. The highest BCUT2D eigenvalue weighted by Gasteiger charge is 2.22. The van der Waals surface area contributed by atoms with Crippen LogP contribution in [-0.2, 0) is 6.42 Å². The van der Waals surface area contributed by atoms with Crippen molar-refractivity contribution in [3.63, 3.8) is 0 Å². The Bertz CT molecular complexity index is 419. The van der Waals surface area contributed by atoms with Gasteiger partial charge < -0.3 is 10.6 Å². The third kappa shape index (κ3) is 3.43. The van der Waals surface area contributed by atoms with Crippen molar-refractivity contribution in [1.29, 1.82) is 0 Å². The highest BCUT2D eigenvalue weighted by Crippen LogP contribution is 2.32. The van der Waals surface area contributed by atoms with Gasteiger partial charge in [-0.05, 0) is 56.7 Å². The average Bonchev–Trinajstić information content (AvgIpc) is 2.41. The maximum absolute atomic E-state index is 6.42. The summed E-state index contributed by atoms with van der Waals surface area (Å²) < 4.78 is 0. The normalized spacial score (nSPS) is 21.5. The number of halogens is 1. The molecule has 0 aliphatic carbocycles. The molecule has 1 fully saturated rings. The summed E-state index contributed by atoms with van der Waals surface area (Å²) in [6.07, 6.45) is 5.74. The summed E-state index contributed by atoms with van der Waals surface area (Å²) in [5.41, 5.74) is 8.65. The number of nitrogens with zero attached hydrogens (tertiary/aromatic N) is 1. The van der Waals surface area contributed by atoms with E-state index in [2.05, 4.69) is 30.9 Å². The molecule has 1 saturated heterocycles. The first kappa shape index (κ1) is 14.7. The zero-order chi connectivity index (χ0) is 13.8. The van der Waals surface area contributed by atoms with Crippen molar-refractivity contribution in [1.82, 2.24) is 0 Å². The SMILES string of the molecule is CCC(N)Cc1c(Cl)cccc1N1CCCCC1C. The third-order valence-electron chi connectivity index (χ3n) is 4.20. The quantitative estimate of drug-likeness (QED) is 0.903. The van der Waals surface area contributed by atoms with E-state index >= 15 is 0 Å². The van der Waals surface area contributed by atoms with Crippen LogP contribution in [0.1, 0.15) is 45.1 Å². The van der Waals surface area contributed by atoms with Crippen LogP contribution in [0.5, 0.6) is 0 Å². The van der Waals surface area contributed by atoms with E-state index in [1.165, 1.54) is 30.5 Å². The lowest BCUT2D eigenvalue weighted by atomic mass is 9.98. The lowest BCUT2D eigenvalue weighted by Crippen LogP contribution is -2.38. The smallest absolute Gasteiger partial charge is 0.0459 e. The van der Waals surface area contributed by atoms with Crippen LogP contribution in [0.3, 0.4) is 0 Å². The molecule has 0 radical (unpaired) electrons. The number of rotatable bonds is 4. The van der Waals surface area contributed by atoms with Crippen LogP contribution >= 0.6 is 11.6 Å². The molecule has 1 aliphatic heterocycles. The Kier molecular flexibility index (Phi) is 5.12. The van der Waals surface area contributed by atoms with E-state index in [1.807, 2.05) is 6.07 Å². The zero-order valence-corrected chi connectivity index (χ0v) is 12.8. The molecule has 1 aliphatic rings. The molecule has 1 heterocycles.